The number of amides is 1. The summed E-state index contributed by atoms with van der Waals surface area (Å²) in [5.41, 5.74) is 0.0321. The lowest BCUT2D eigenvalue weighted by Crippen LogP contribution is -2.48. The Kier molecular flexibility index (Phi) is 6.28. The van der Waals surface area contributed by atoms with Crippen LogP contribution in [0, 0.1) is 5.41 Å². The van der Waals surface area contributed by atoms with Gasteiger partial charge in [0.2, 0.25) is 0 Å². The van der Waals surface area contributed by atoms with Crippen molar-refractivity contribution < 1.29 is 9.53 Å². The fourth-order valence-corrected chi connectivity index (χ4v) is 4.87. The molecule has 1 amide bonds. The molecule has 0 bridgehead atoms. The standard InChI is InChI=1S/C18H34N2O2S/c1-17(2,3)22-16(21)20-14-8-6-13(7-9-14)19-15-10-18(4,5)12-23-11-15/h13-15,19H,6-12H2,1-5H3,(H,20,21). The predicted molar refractivity (Wildman–Crippen MR) is 98.1 cm³/mol. The first-order chi connectivity index (χ1) is 10.6. The molecular formula is C18H34N2O2S. The molecule has 0 aromatic rings. The Hall–Kier alpha value is -0.420. The molecule has 1 aliphatic heterocycles. The minimum atomic E-state index is -0.422. The molecule has 1 atom stereocenters. The molecular weight excluding hydrogens is 308 g/mol. The number of ether oxygens (including phenoxy) is 1. The Morgan fingerprint density at radius 2 is 1.70 bits per heavy atom. The van der Waals surface area contributed by atoms with E-state index in [1.165, 1.54) is 17.9 Å². The Bertz CT molecular complexity index is 398. The number of nitrogens with one attached hydrogen (secondary N) is 2. The van der Waals surface area contributed by atoms with Crippen LogP contribution >= 0.6 is 11.8 Å². The van der Waals surface area contributed by atoms with Crippen molar-refractivity contribution in [2.75, 3.05) is 11.5 Å². The van der Waals surface area contributed by atoms with Gasteiger partial charge in [0, 0.05) is 23.9 Å². The van der Waals surface area contributed by atoms with E-state index < -0.39 is 5.60 Å². The number of hydrogen-bond donors (Lipinski definition) is 2. The summed E-state index contributed by atoms with van der Waals surface area (Å²) >= 11 is 2.08. The largest absolute Gasteiger partial charge is 0.444 e. The van der Waals surface area contributed by atoms with Gasteiger partial charge in [-0.3, -0.25) is 0 Å². The second-order valence-electron chi connectivity index (χ2n) is 8.94. The van der Waals surface area contributed by atoms with Crippen molar-refractivity contribution in [2.24, 2.45) is 5.41 Å². The lowest BCUT2D eigenvalue weighted by molar-refractivity contribution is 0.0489. The predicted octanol–water partition coefficient (Wildman–Crippen LogP) is 3.94. The van der Waals surface area contributed by atoms with Crippen LogP contribution in [0.3, 0.4) is 0 Å². The van der Waals surface area contributed by atoms with Crippen LogP contribution in [0.25, 0.3) is 0 Å². The molecule has 2 rings (SSSR count). The first-order valence-corrected chi connectivity index (χ1v) is 10.1. The van der Waals surface area contributed by atoms with Gasteiger partial charge in [0.05, 0.1) is 0 Å². The normalized spacial score (nSPS) is 31.4. The van der Waals surface area contributed by atoms with Gasteiger partial charge in [-0.25, -0.2) is 4.79 Å². The van der Waals surface area contributed by atoms with Crippen molar-refractivity contribution in [3.05, 3.63) is 0 Å². The molecule has 134 valence electrons. The van der Waals surface area contributed by atoms with E-state index in [1.807, 2.05) is 20.8 Å². The molecule has 2 aliphatic rings. The molecule has 1 saturated carbocycles. The Morgan fingerprint density at radius 3 is 2.26 bits per heavy atom. The van der Waals surface area contributed by atoms with Gasteiger partial charge in [-0.15, -0.1) is 0 Å². The van der Waals surface area contributed by atoms with Crippen LogP contribution in [-0.4, -0.2) is 41.3 Å². The highest BCUT2D eigenvalue weighted by atomic mass is 32.2. The van der Waals surface area contributed by atoms with Crippen LogP contribution in [0.15, 0.2) is 0 Å². The van der Waals surface area contributed by atoms with E-state index in [2.05, 4.69) is 36.2 Å². The number of rotatable bonds is 3. The number of thioether (sulfide) groups is 1. The maximum Gasteiger partial charge on any atom is 0.407 e. The van der Waals surface area contributed by atoms with E-state index >= 15 is 0 Å². The highest BCUT2D eigenvalue weighted by molar-refractivity contribution is 7.99. The van der Waals surface area contributed by atoms with E-state index in [1.54, 1.807) is 0 Å². The molecule has 0 radical (unpaired) electrons. The van der Waals surface area contributed by atoms with Gasteiger partial charge < -0.3 is 15.4 Å². The first kappa shape index (κ1) is 18.9. The average Bonchev–Trinajstić information content (AvgIpc) is 2.37. The molecule has 1 aliphatic carbocycles. The third kappa shape index (κ3) is 6.92. The lowest BCUT2D eigenvalue weighted by Gasteiger charge is -2.39. The topological polar surface area (TPSA) is 50.4 Å². The summed E-state index contributed by atoms with van der Waals surface area (Å²) in [7, 11) is 0. The Labute approximate surface area is 145 Å². The summed E-state index contributed by atoms with van der Waals surface area (Å²) in [6.45, 7) is 10.4. The van der Waals surface area contributed by atoms with Gasteiger partial charge in [0.25, 0.3) is 0 Å². The summed E-state index contributed by atoms with van der Waals surface area (Å²) in [6, 6.07) is 1.51. The van der Waals surface area contributed by atoms with Crippen molar-refractivity contribution in [3.63, 3.8) is 0 Å². The highest BCUT2D eigenvalue weighted by Crippen LogP contribution is 2.34. The number of alkyl carbamates (subject to hydrolysis) is 1. The van der Waals surface area contributed by atoms with E-state index in [0.717, 1.165) is 25.7 Å². The second kappa shape index (κ2) is 7.64. The fraction of sp³-hybridized carbons (Fsp3) is 0.944. The van der Waals surface area contributed by atoms with Gasteiger partial charge in [-0.1, -0.05) is 13.8 Å². The van der Waals surface area contributed by atoms with Crippen LogP contribution in [0.2, 0.25) is 0 Å². The van der Waals surface area contributed by atoms with Crippen molar-refractivity contribution in [1.82, 2.24) is 10.6 Å². The summed E-state index contributed by atoms with van der Waals surface area (Å²) in [5.74, 6) is 2.51. The number of carbonyl (C=O) groups is 1. The average molecular weight is 343 g/mol. The number of hydrogen-bond acceptors (Lipinski definition) is 4. The molecule has 0 aromatic carbocycles. The minimum absolute atomic E-state index is 0.264. The number of carbonyl (C=O) groups excluding carboxylic acids is 1. The maximum atomic E-state index is 11.8. The summed E-state index contributed by atoms with van der Waals surface area (Å²) in [6.07, 6.45) is 5.36. The summed E-state index contributed by atoms with van der Waals surface area (Å²) in [4.78, 5) is 11.8. The van der Waals surface area contributed by atoms with Crippen molar-refractivity contribution in [3.8, 4) is 0 Å². The molecule has 2 fully saturated rings. The van der Waals surface area contributed by atoms with Crippen LogP contribution < -0.4 is 10.6 Å². The minimum Gasteiger partial charge on any atom is -0.444 e. The molecule has 1 saturated heterocycles. The third-order valence-electron chi connectivity index (χ3n) is 4.53. The van der Waals surface area contributed by atoms with Crippen LogP contribution in [-0.2, 0) is 4.74 Å². The van der Waals surface area contributed by atoms with Crippen molar-refractivity contribution in [2.45, 2.75) is 90.4 Å². The summed E-state index contributed by atoms with van der Waals surface area (Å²) in [5, 5.41) is 6.88. The van der Waals surface area contributed by atoms with Crippen molar-refractivity contribution >= 4 is 17.9 Å². The van der Waals surface area contributed by atoms with Crippen LogP contribution in [0.1, 0.15) is 66.7 Å². The van der Waals surface area contributed by atoms with Crippen molar-refractivity contribution in [1.29, 1.82) is 0 Å². The smallest absolute Gasteiger partial charge is 0.407 e. The quantitative estimate of drug-likeness (QED) is 0.815. The molecule has 5 heteroatoms. The SMILES string of the molecule is CC1(C)CSCC(NC2CCC(NC(=O)OC(C)(C)C)CC2)C1. The molecule has 4 nitrogen and oxygen atoms in total. The molecule has 0 spiro atoms. The van der Waals surface area contributed by atoms with E-state index in [0.29, 0.717) is 17.5 Å². The van der Waals surface area contributed by atoms with Gasteiger partial charge >= 0.3 is 6.09 Å². The van der Waals surface area contributed by atoms with E-state index in [4.69, 9.17) is 4.74 Å². The zero-order valence-electron chi connectivity index (χ0n) is 15.4. The second-order valence-corrected chi connectivity index (χ2v) is 9.97. The van der Waals surface area contributed by atoms with Crippen LogP contribution in [0.4, 0.5) is 4.79 Å². The van der Waals surface area contributed by atoms with Gasteiger partial charge in [0.15, 0.2) is 0 Å². The monoisotopic (exact) mass is 342 g/mol. The van der Waals surface area contributed by atoms with Gasteiger partial charge in [0.1, 0.15) is 5.60 Å². The fourth-order valence-electron chi connectivity index (χ4n) is 3.58. The first-order valence-electron chi connectivity index (χ1n) is 8.96. The maximum absolute atomic E-state index is 11.8. The third-order valence-corrected chi connectivity index (χ3v) is 6.15. The molecule has 1 heterocycles. The molecule has 0 aromatic heterocycles. The molecule has 23 heavy (non-hydrogen) atoms. The van der Waals surface area contributed by atoms with Gasteiger partial charge in [-0.2, -0.15) is 11.8 Å². The van der Waals surface area contributed by atoms with Gasteiger partial charge in [-0.05, 0) is 64.0 Å². The Morgan fingerprint density at radius 1 is 1.09 bits per heavy atom. The van der Waals surface area contributed by atoms with E-state index in [9.17, 15) is 4.79 Å². The molecule has 1 unspecified atom stereocenters. The lowest BCUT2D eigenvalue weighted by atomic mass is 9.86. The highest BCUT2D eigenvalue weighted by Gasteiger charge is 2.31. The van der Waals surface area contributed by atoms with E-state index in [-0.39, 0.29) is 12.1 Å². The zero-order chi connectivity index (χ0) is 17.1. The Balaban J connectivity index is 1.69. The van der Waals surface area contributed by atoms with Crippen LogP contribution in [0.5, 0.6) is 0 Å². The zero-order valence-corrected chi connectivity index (χ0v) is 16.2. The summed E-state index contributed by atoms with van der Waals surface area (Å²) < 4.78 is 5.34. The molecule has 2 N–H and O–H groups in total.